The minimum atomic E-state index is -0.0460. The molecule has 0 unspecified atom stereocenters. The lowest BCUT2D eigenvalue weighted by atomic mass is 10.4. The van der Waals surface area contributed by atoms with Gasteiger partial charge in [0, 0.05) is 0 Å². The van der Waals surface area contributed by atoms with Crippen LogP contribution in [0.2, 0.25) is 0 Å². The molecule has 50 valence electrons. The van der Waals surface area contributed by atoms with Gasteiger partial charge in [-0.05, 0) is 29.5 Å². The first-order chi connectivity index (χ1) is 4.25. The number of aromatic nitrogens is 1. The molecular weight excluding hydrogens is 233 g/mol. The van der Waals surface area contributed by atoms with Crippen molar-refractivity contribution in [2.45, 2.75) is 13.5 Å². The Morgan fingerprint density at radius 3 is 2.67 bits per heavy atom. The lowest BCUT2D eigenvalue weighted by Crippen LogP contribution is -1.84. The smallest absolute Gasteiger partial charge is 0.147 e. The zero-order valence-corrected chi connectivity index (χ0v) is 7.05. The largest absolute Gasteiger partial charge is 0.390 e. The van der Waals surface area contributed by atoms with Crippen LogP contribution in [-0.4, -0.2) is 10.3 Å². The first-order valence-electron chi connectivity index (χ1n) is 2.47. The summed E-state index contributed by atoms with van der Waals surface area (Å²) in [6.45, 7) is 1.77. The highest BCUT2D eigenvalue weighted by Gasteiger charge is 2.06. The van der Waals surface area contributed by atoms with Gasteiger partial charge in [-0.15, -0.1) is 0 Å². The second-order valence-electron chi connectivity index (χ2n) is 1.66. The maximum Gasteiger partial charge on any atom is 0.147 e. The fourth-order valence-corrected chi connectivity index (χ4v) is 0.873. The maximum atomic E-state index is 8.60. The lowest BCUT2D eigenvalue weighted by molar-refractivity contribution is 0.265. The molecule has 0 aliphatic carbocycles. The van der Waals surface area contributed by atoms with Crippen molar-refractivity contribution in [2.24, 2.45) is 0 Å². The summed E-state index contributed by atoms with van der Waals surface area (Å²) in [5, 5.41) is 12.2. The fraction of sp³-hybridized carbons (Fsp3) is 0.400. The van der Waals surface area contributed by atoms with E-state index in [0.29, 0.717) is 5.69 Å². The molecule has 1 N–H and O–H groups in total. The Hall–Kier alpha value is -0.100. The predicted octanol–water partition coefficient (Wildman–Crippen LogP) is 1.08. The van der Waals surface area contributed by atoms with Crippen LogP contribution in [0.5, 0.6) is 0 Å². The lowest BCUT2D eigenvalue weighted by Gasteiger charge is -1.83. The summed E-state index contributed by atoms with van der Waals surface area (Å²) in [5.74, 6) is 0.764. The maximum absolute atomic E-state index is 8.60. The van der Waals surface area contributed by atoms with Gasteiger partial charge in [-0.2, -0.15) is 0 Å². The number of aliphatic hydroxyl groups excluding tert-OH is 1. The summed E-state index contributed by atoms with van der Waals surface area (Å²) < 4.78 is 5.68. The zero-order valence-electron chi connectivity index (χ0n) is 4.89. The van der Waals surface area contributed by atoms with Gasteiger partial charge in [0.25, 0.3) is 0 Å². The van der Waals surface area contributed by atoms with E-state index < -0.39 is 0 Å². The van der Waals surface area contributed by atoms with Crippen molar-refractivity contribution in [2.75, 3.05) is 0 Å². The third-order valence-electron chi connectivity index (χ3n) is 1.00. The zero-order chi connectivity index (χ0) is 6.85. The molecule has 0 saturated carbocycles. The number of aryl methyl sites for hydroxylation is 1. The van der Waals surface area contributed by atoms with Crippen LogP contribution in [-0.2, 0) is 6.61 Å². The standard InChI is InChI=1S/C5H6INO2/c1-3-5(6)4(2-8)7-9-3/h8H,2H2,1H3. The van der Waals surface area contributed by atoms with Crippen molar-refractivity contribution in [1.29, 1.82) is 0 Å². The van der Waals surface area contributed by atoms with E-state index in [1.54, 1.807) is 0 Å². The number of hydrogen-bond donors (Lipinski definition) is 1. The van der Waals surface area contributed by atoms with Crippen molar-refractivity contribution in [1.82, 2.24) is 5.16 Å². The molecule has 0 aromatic carbocycles. The van der Waals surface area contributed by atoms with Crippen LogP contribution in [0.25, 0.3) is 0 Å². The first kappa shape index (κ1) is 7.01. The van der Waals surface area contributed by atoms with Gasteiger partial charge in [-0.1, -0.05) is 5.16 Å². The second-order valence-corrected chi connectivity index (χ2v) is 2.74. The number of aliphatic hydroxyl groups is 1. The Balaban J connectivity index is 3.04. The SMILES string of the molecule is Cc1onc(CO)c1I. The molecule has 0 aliphatic heterocycles. The van der Waals surface area contributed by atoms with Gasteiger partial charge >= 0.3 is 0 Å². The van der Waals surface area contributed by atoms with Crippen molar-refractivity contribution in [3.05, 3.63) is 15.0 Å². The topological polar surface area (TPSA) is 46.3 Å². The van der Waals surface area contributed by atoms with E-state index in [0.717, 1.165) is 9.33 Å². The molecule has 3 nitrogen and oxygen atoms in total. The van der Waals surface area contributed by atoms with Crippen LogP contribution in [0.3, 0.4) is 0 Å². The van der Waals surface area contributed by atoms with Crippen molar-refractivity contribution in [3.8, 4) is 0 Å². The van der Waals surface area contributed by atoms with E-state index in [9.17, 15) is 0 Å². The number of nitrogens with zero attached hydrogens (tertiary/aromatic N) is 1. The molecular formula is C5H6INO2. The molecule has 0 amide bonds. The monoisotopic (exact) mass is 239 g/mol. The van der Waals surface area contributed by atoms with E-state index in [1.807, 2.05) is 6.92 Å². The first-order valence-corrected chi connectivity index (χ1v) is 3.55. The third-order valence-corrected chi connectivity index (χ3v) is 2.39. The van der Waals surface area contributed by atoms with Crippen LogP contribution in [0.1, 0.15) is 11.5 Å². The van der Waals surface area contributed by atoms with Crippen LogP contribution >= 0.6 is 22.6 Å². The Kier molecular flexibility index (Phi) is 2.07. The average molecular weight is 239 g/mol. The quantitative estimate of drug-likeness (QED) is 0.746. The average Bonchev–Trinajstić information content (AvgIpc) is 2.15. The molecule has 0 spiro atoms. The Bertz CT molecular complexity index is 209. The molecule has 1 aromatic rings. The molecule has 1 rings (SSSR count). The summed E-state index contributed by atoms with van der Waals surface area (Å²) in [6, 6.07) is 0. The van der Waals surface area contributed by atoms with E-state index in [-0.39, 0.29) is 6.61 Å². The van der Waals surface area contributed by atoms with Gasteiger partial charge in [0.1, 0.15) is 11.5 Å². The van der Waals surface area contributed by atoms with Crippen LogP contribution in [0, 0.1) is 10.5 Å². The van der Waals surface area contributed by atoms with Gasteiger partial charge in [-0.3, -0.25) is 0 Å². The van der Waals surface area contributed by atoms with Gasteiger partial charge in [0.2, 0.25) is 0 Å². The molecule has 0 bridgehead atoms. The Morgan fingerprint density at radius 2 is 2.44 bits per heavy atom. The highest BCUT2D eigenvalue weighted by atomic mass is 127. The molecule has 0 aliphatic rings. The van der Waals surface area contributed by atoms with E-state index in [2.05, 4.69) is 27.7 Å². The van der Waals surface area contributed by atoms with Gasteiger partial charge in [-0.25, -0.2) is 0 Å². The highest BCUT2D eigenvalue weighted by Crippen LogP contribution is 2.14. The number of hydrogen-bond acceptors (Lipinski definition) is 3. The summed E-state index contributed by atoms with van der Waals surface area (Å²) in [5.41, 5.74) is 0.619. The van der Waals surface area contributed by atoms with Crippen molar-refractivity contribution in [3.63, 3.8) is 0 Å². The second kappa shape index (κ2) is 2.66. The van der Waals surface area contributed by atoms with Crippen LogP contribution < -0.4 is 0 Å². The summed E-state index contributed by atoms with van der Waals surface area (Å²) >= 11 is 2.08. The summed E-state index contributed by atoms with van der Waals surface area (Å²) in [7, 11) is 0. The number of rotatable bonds is 1. The molecule has 0 saturated heterocycles. The normalized spacial score (nSPS) is 10.1. The molecule has 0 fully saturated rings. The van der Waals surface area contributed by atoms with E-state index in [4.69, 9.17) is 9.63 Å². The molecule has 1 aromatic heterocycles. The van der Waals surface area contributed by atoms with Crippen molar-refractivity contribution < 1.29 is 9.63 Å². The van der Waals surface area contributed by atoms with Gasteiger partial charge in [0.15, 0.2) is 0 Å². The van der Waals surface area contributed by atoms with E-state index >= 15 is 0 Å². The minimum Gasteiger partial charge on any atom is -0.390 e. The molecule has 9 heavy (non-hydrogen) atoms. The molecule has 1 heterocycles. The Morgan fingerprint density at radius 1 is 1.78 bits per heavy atom. The molecule has 0 atom stereocenters. The molecule has 0 radical (unpaired) electrons. The predicted molar refractivity (Wildman–Crippen MR) is 39.9 cm³/mol. The minimum absolute atomic E-state index is 0.0460. The van der Waals surface area contributed by atoms with Crippen LogP contribution in [0.4, 0.5) is 0 Å². The summed E-state index contributed by atoms with van der Waals surface area (Å²) in [4.78, 5) is 0. The summed E-state index contributed by atoms with van der Waals surface area (Å²) in [6.07, 6.45) is 0. The van der Waals surface area contributed by atoms with Gasteiger partial charge in [0.05, 0.1) is 10.2 Å². The van der Waals surface area contributed by atoms with Gasteiger partial charge < -0.3 is 9.63 Å². The molecule has 4 heteroatoms. The fourth-order valence-electron chi connectivity index (χ4n) is 0.505. The highest BCUT2D eigenvalue weighted by molar-refractivity contribution is 14.1. The third kappa shape index (κ3) is 1.24. The van der Waals surface area contributed by atoms with Crippen LogP contribution in [0.15, 0.2) is 4.52 Å². The Labute approximate surface area is 66.2 Å². The van der Waals surface area contributed by atoms with E-state index in [1.165, 1.54) is 0 Å². The van der Waals surface area contributed by atoms with Crippen molar-refractivity contribution >= 4 is 22.6 Å². The number of halogens is 1.